The normalized spacial score (nSPS) is 10.5. The second-order valence-electron chi connectivity index (χ2n) is 3.45. The van der Waals surface area contributed by atoms with Crippen molar-refractivity contribution in [1.82, 2.24) is 9.55 Å². The molecule has 2 aromatic rings. The quantitative estimate of drug-likeness (QED) is 0.720. The van der Waals surface area contributed by atoms with Crippen molar-refractivity contribution in [2.75, 3.05) is 7.11 Å². The summed E-state index contributed by atoms with van der Waals surface area (Å²) in [5.41, 5.74) is 0.337. The zero-order valence-electron chi connectivity index (χ0n) is 9.23. The maximum atomic E-state index is 11.8. The fraction of sp³-hybridized carbons (Fsp3) is 0.182. The Morgan fingerprint density at radius 1 is 1.47 bits per heavy atom. The number of rotatable bonds is 1. The molecule has 1 heterocycles. The Bertz CT molecular complexity index is 664. The average molecular weight is 253 g/mol. The zero-order chi connectivity index (χ0) is 12.6. The van der Waals surface area contributed by atoms with Crippen molar-refractivity contribution in [3.05, 3.63) is 39.3 Å². The van der Waals surface area contributed by atoms with Crippen molar-refractivity contribution in [2.24, 2.45) is 7.05 Å². The standard InChI is InChI=1S/C11H9ClN2O3/c1-14-8-4-3-6(12)5-7(8)13-9(10(14)15)11(16)17-2/h3-5H,1-2H3. The van der Waals surface area contributed by atoms with Crippen LogP contribution in [0.5, 0.6) is 0 Å². The van der Waals surface area contributed by atoms with Crippen LogP contribution in [0.4, 0.5) is 0 Å². The number of hydrogen-bond acceptors (Lipinski definition) is 4. The molecule has 1 aromatic heterocycles. The molecule has 0 saturated carbocycles. The summed E-state index contributed by atoms with van der Waals surface area (Å²) >= 11 is 5.83. The molecule has 17 heavy (non-hydrogen) atoms. The Hall–Kier alpha value is -1.88. The van der Waals surface area contributed by atoms with E-state index in [2.05, 4.69) is 9.72 Å². The third kappa shape index (κ3) is 1.89. The highest BCUT2D eigenvalue weighted by atomic mass is 35.5. The van der Waals surface area contributed by atoms with Crippen molar-refractivity contribution in [3.8, 4) is 0 Å². The number of nitrogens with zero attached hydrogens (tertiary/aromatic N) is 2. The molecular weight excluding hydrogens is 244 g/mol. The van der Waals surface area contributed by atoms with Crippen LogP contribution in [0, 0.1) is 0 Å². The van der Waals surface area contributed by atoms with Crippen molar-refractivity contribution in [3.63, 3.8) is 0 Å². The third-order valence-corrected chi connectivity index (χ3v) is 2.65. The van der Waals surface area contributed by atoms with Gasteiger partial charge in [0.2, 0.25) is 5.69 Å². The van der Waals surface area contributed by atoms with Gasteiger partial charge in [0.1, 0.15) is 0 Å². The first-order valence-electron chi connectivity index (χ1n) is 4.79. The van der Waals surface area contributed by atoms with Gasteiger partial charge in [-0.3, -0.25) is 4.79 Å². The highest BCUT2D eigenvalue weighted by Gasteiger charge is 2.16. The summed E-state index contributed by atoms with van der Waals surface area (Å²) in [5, 5.41) is 0.486. The third-order valence-electron chi connectivity index (χ3n) is 2.42. The minimum atomic E-state index is -0.757. The van der Waals surface area contributed by atoms with Crippen LogP contribution < -0.4 is 5.56 Å². The average Bonchev–Trinajstić information content (AvgIpc) is 2.32. The van der Waals surface area contributed by atoms with E-state index in [9.17, 15) is 9.59 Å². The summed E-state index contributed by atoms with van der Waals surface area (Å²) in [6, 6.07) is 4.92. The maximum absolute atomic E-state index is 11.8. The molecule has 0 atom stereocenters. The molecule has 5 nitrogen and oxygen atoms in total. The van der Waals surface area contributed by atoms with E-state index in [-0.39, 0.29) is 5.69 Å². The summed E-state index contributed by atoms with van der Waals surface area (Å²) in [6.07, 6.45) is 0. The van der Waals surface area contributed by atoms with Gasteiger partial charge in [0.05, 0.1) is 18.1 Å². The lowest BCUT2D eigenvalue weighted by Gasteiger charge is -2.06. The van der Waals surface area contributed by atoms with Gasteiger partial charge in [0, 0.05) is 12.1 Å². The lowest BCUT2D eigenvalue weighted by Crippen LogP contribution is -2.27. The molecule has 0 aliphatic heterocycles. The van der Waals surface area contributed by atoms with Crippen molar-refractivity contribution >= 4 is 28.6 Å². The molecular formula is C11H9ClN2O3. The van der Waals surface area contributed by atoms with E-state index in [0.29, 0.717) is 16.1 Å². The van der Waals surface area contributed by atoms with Crippen molar-refractivity contribution in [1.29, 1.82) is 0 Å². The minimum Gasteiger partial charge on any atom is -0.464 e. The molecule has 0 aliphatic rings. The number of esters is 1. The second-order valence-corrected chi connectivity index (χ2v) is 3.89. The summed E-state index contributed by atoms with van der Waals surface area (Å²) in [5.74, 6) is -0.757. The summed E-state index contributed by atoms with van der Waals surface area (Å²) in [6.45, 7) is 0. The number of carbonyl (C=O) groups is 1. The van der Waals surface area contributed by atoms with Crippen LogP contribution in [0.1, 0.15) is 10.5 Å². The van der Waals surface area contributed by atoms with Crippen LogP contribution >= 0.6 is 11.6 Å². The highest BCUT2D eigenvalue weighted by molar-refractivity contribution is 6.31. The van der Waals surface area contributed by atoms with Gasteiger partial charge in [-0.25, -0.2) is 9.78 Å². The minimum absolute atomic E-state index is 0.246. The number of carbonyl (C=O) groups excluding carboxylic acids is 1. The van der Waals surface area contributed by atoms with E-state index < -0.39 is 11.5 Å². The summed E-state index contributed by atoms with van der Waals surface area (Å²) in [4.78, 5) is 27.2. The molecule has 0 bridgehead atoms. The van der Waals surface area contributed by atoms with Gasteiger partial charge in [-0.15, -0.1) is 0 Å². The molecule has 1 aromatic carbocycles. The lowest BCUT2D eigenvalue weighted by molar-refractivity contribution is 0.0591. The Kier molecular flexibility index (Phi) is 2.85. The second kappa shape index (κ2) is 4.18. The van der Waals surface area contributed by atoms with E-state index in [1.54, 1.807) is 25.2 Å². The van der Waals surface area contributed by atoms with Crippen LogP contribution in [0.25, 0.3) is 11.0 Å². The number of methoxy groups -OCH3 is 1. The van der Waals surface area contributed by atoms with Crippen molar-refractivity contribution < 1.29 is 9.53 Å². The molecule has 2 rings (SSSR count). The summed E-state index contributed by atoms with van der Waals surface area (Å²) in [7, 11) is 2.76. The van der Waals surface area contributed by atoms with Crippen molar-refractivity contribution in [2.45, 2.75) is 0 Å². The van der Waals surface area contributed by atoms with E-state index in [0.717, 1.165) is 0 Å². The largest absolute Gasteiger partial charge is 0.464 e. The van der Waals surface area contributed by atoms with Gasteiger partial charge < -0.3 is 9.30 Å². The molecule has 0 aliphatic carbocycles. The first-order valence-corrected chi connectivity index (χ1v) is 5.17. The molecule has 0 saturated heterocycles. The number of fused-ring (bicyclic) bond motifs is 1. The molecule has 0 unspecified atom stereocenters. The Morgan fingerprint density at radius 3 is 2.82 bits per heavy atom. The number of hydrogen-bond donors (Lipinski definition) is 0. The predicted molar refractivity (Wildman–Crippen MR) is 63.3 cm³/mol. The monoisotopic (exact) mass is 252 g/mol. The van der Waals surface area contributed by atoms with Gasteiger partial charge in [0.25, 0.3) is 5.56 Å². The molecule has 0 spiro atoms. The van der Waals surface area contributed by atoms with Gasteiger partial charge in [0.15, 0.2) is 0 Å². The van der Waals surface area contributed by atoms with Gasteiger partial charge in [-0.2, -0.15) is 0 Å². The van der Waals surface area contributed by atoms with Crippen LogP contribution in [0.3, 0.4) is 0 Å². The van der Waals surface area contributed by atoms with E-state index in [1.807, 2.05) is 0 Å². The van der Waals surface area contributed by atoms with Gasteiger partial charge >= 0.3 is 5.97 Å². The fourth-order valence-corrected chi connectivity index (χ4v) is 1.70. The SMILES string of the molecule is COC(=O)c1nc2cc(Cl)ccc2n(C)c1=O. The highest BCUT2D eigenvalue weighted by Crippen LogP contribution is 2.16. The smallest absolute Gasteiger partial charge is 0.362 e. The van der Waals surface area contributed by atoms with Crippen LogP contribution in [-0.2, 0) is 11.8 Å². The van der Waals surface area contributed by atoms with Gasteiger partial charge in [-0.1, -0.05) is 11.6 Å². The Balaban J connectivity index is 2.85. The Labute approximate surface area is 102 Å². The van der Waals surface area contributed by atoms with Crippen LogP contribution in [-0.4, -0.2) is 22.6 Å². The Morgan fingerprint density at radius 2 is 2.18 bits per heavy atom. The molecule has 6 heteroatoms. The first kappa shape index (κ1) is 11.6. The maximum Gasteiger partial charge on any atom is 0.362 e. The molecule has 0 amide bonds. The zero-order valence-corrected chi connectivity index (χ0v) is 9.99. The molecule has 0 fully saturated rings. The van der Waals surface area contributed by atoms with Crippen LogP contribution in [0.2, 0.25) is 5.02 Å². The fourth-order valence-electron chi connectivity index (χ4n) is 1.54. The predicted octanol–water partition coefficient (Wildman–Crippen LogP) is 1.37. The number of aryl methyl sites for hydroxylation is 1. The number of benzene rings is 1. The molecule has 0 N–H and O–H groups in total. The number of aromatic nitrogens is 2. The number of halogens is 1. The first-order chi connectivity index (χ1) is 8.04. The van der Waals surface area contributed by atoms with Gasteiger partial charge in [-0.05, 0) is 18.2 Å². The van der Waals surface area contributed by atoms with E-state index in [4.69, 9.17) is 11.6 Å². The molecule has 0 radical (unpaired) electrons. The molecule has 88 valence electrons. The van der Waals surface area contributed by atoms with E-state index >= 15 is 0 Å². The lowest BCUT2D eigenvalue weighted by atomic mass is 10.3. The van der Waals surface area contributed by atoms with E-state index in [1.165, 1.54) is 11.7 Å². The topological polar surface area (TPSA) is 61.2 Å². The number of ether oxygens (including phenoxy) is 1. The van der Waals surface area contributed by atoms with Crippen LogP contribution in [0.15, 0.2) is 23.0 Å². The summed E-state index contributed by atoms with van der Waals surface area (Å²) < 4.78 is 5.84.